The molecule has 2 aromatic carbocycles. The van der Waals surface area contributed by atoms with Gasteiger partial charge in [0.2, 0.25) is 5.91 Å². The lowest BCUT2D eigenvalue weighted by atomic mass is 9.97. The number of allylic oxidation sites excluding steroid dienone is 1. The van der Waals surface area contributed by atoms with Crippen LogP contribution in [0.15, 0.2) is 42.5 Å². The molecule has 196 valence electrons. The first-order valence-corrected chi connectivity index (χ1v) is 11.0. The van der Waals surface area contributed by atoms with Crippen LogP contribution in [0.25, 0.3) is 6.08 Å². The number of hydrogen-bond donors (Lipinski definition) is 3. The third kappa shape index (κ3) is 8.58. The van der Waals surface area contributed by atoms with Crippen molar-refractivity contribution in [3.63, 3.8) is 0 Å². The van der Waals surface area contributed by atoms with Crippen LogP contribution in [-0.4, -0.2) is 48.5 Å². The Morgan fingerprint density at radius 3 is 2.00 bits per heavy atom. The van der Waals surface area contributed by atoms with E-state index >= 15 is 0 Å². The number of carbonyl (C=O) groups excluding carboxylic acids is 2. The molecule has 0 bridgehead atoms. The molecule has 0 aliphatic carbocycles. The number of alkyl halides is 6. The van der Waals surface area contributed by atoms with Crippen molar-refractivity contribution in [2.24, 2.45) is 0 Å². The number of carbonyl (C=O) groups is 2. The smallest absolute Gasteiger partial charge is 0.394 e. The second-order valence-corrected chi connectivity index (χ2v) is 8.53. The second kappa shape index (κ2) is 12.2. The van der Waals surface area contributed by atoms with E-state index < -0.39 is 49.3 Å². The minimum absolute atomic E-state index is 0.0575. The first-order chi connectivity index (χ1) is 16.6. The first kappa shape index (κ1) is 29.8. The summed E-state index contributed by atoms with van der Waals surface area (Å²) in [7, 11) is 0. The van der Waals surface area contributed by atoms with Gasteiger partial charge < -0.3 is 15.7 Å². The molecule has 0 heterocycles. The highest BCUT2D eigenvalue weighted by atomic mass is 35.5. The highest BCUT2D eigenvalue weighted by Crippen LogP contribution is 2.41. The molecule has 3 N–H and O–H groups in total. The Labute approximate surface area is 216 Å². The summed E-state index contributed by atoms with van der Waals surface area (Å²) < 4.78 is 77.6. The van der Waals surface area contributed by atoms with E-state index in [1.165, 1.54) is 29.6 Å². The molecule has 0 aromatic heterocycles. The van der Waals surface area contributed by atoms with Crippen molar-refractivity contribution in [3.8, 4) is 0 Å². The number of amides is 2. The average molecular weight is 578 g/mol. The predicted octanol–water partition coefficient (Wildman–Crippen LogP) is 5.78. The zero-order chi connectivity index (χ0) is 27.3. The summed E-state index contributed by atoms with van der Waals surface area (Å²) in [5.74, 6) is -4.22. The van der Waals surface area contributed by atoms with E-state index in [9.17, 15) is 41.0 Å². The maximum absolute atomic E-state index is 13.6. The van der Waals surface area contributed by atoms with E-state index in [0.29, 0.717) is 0 Å². The molecule has 36 heavy (non-hydrogen) atoms. The normalized spacial score (nSPS) is 13.9. The summed E-state index contributed by atoms with van der Waals surface area (Å²) in [6.45, 7) is -2.61. The largest absolute Gasteiger partial charge is 0.405 e. The van der Waals surface area contributed by atoms with E-state index in [4.69, 9.17) is 34.8 Å². The molecular formula is C22H17Cl3F6N2O3. The summed E-state index contributed by atoms with van der Waals surface area (Å²) in [5.41, 5.74) is -0.0283. The Kier molecular flexibility index (Phi) is 10.1. The lowest BCUT2D eigenvalue weighted by Crippen LogP contribution is -2.50. The highest BCUT2D eigenvalue weighted by Gasteiger charge is 2.39. The number of halogens is 9. The summed E-state index contributed by atoms with van der Waals surface area (Å²) in [4.78, 5) is 24.0. The van der Waals surface area contributed by atoms with Crippen molar-refractivity contribution < 1.29 is 41.0 Å². The van der Waals surface area contributed by atoms with Crippen molar-refractivity contribution in [1.29, 1.82) is 0 Å². The van der Waals surface area contributed by atoms with Crippen LogP contribution in [0, 0.1) is 0 Å². The van der Waals surface area contributed by atoms with E-state index in [2.05, 4.69) is 5.32 Å². The molecule has 0 aliphatic heterocycles. The SMILES string of the molecule is O=C(NC(CO)C(=O)NCC(F)(F)F)c1ccc(C=CC(c2cc(Cl)c(Cl)c(Cl)c2)C(F)(F)F)cc1. The van der Waals surface area contributed by atoms with Gasteiger partial charge in [0.25, 0.3) is 5.91 Å². The Balaban J connectivity index is 2.14. The Morgan fingerprint density at radius 2 is 1.53 bits per heavy atom. The van der Waals surface area contributed by atoms with Crippen molar-refractivity contribution in [3.05, 3.63) is 74.2 Å². The van der Waals surface area contributed by atoms with Gasteiger partial charge in [-0.15, -0.1) is 0 Å². The van der Waals surface area contributed by atoms with E-state index in [0.717, 1.165) is 24.3 Å². The fraction of sp³-hybridized carbons (Fsp3) is 0.273. The third-order valence-electron chi connectivity index (χ3n) is 4.64. The Bertz CT molecular complexity index is 1100. The molecule has 2 aromatic rings. The van der Waals surface area contributed by atoms with Crippen LogP contribution in [0.2, 0.25) is 15.1 Å². The van der Waals surface area contributed by atoms with Gasteiger partial charge in [-0.25, -0.2) is 0 Å². The topological polar surface area (TPSA) is 78.4 Å². The Hall–Kier alpha value is -2.47. The van der Waals surface area contributed by atoms with Crippen LogP contribution in [0.3, 0.4) is 0 Å². The summed E-state index contributed by atoms with van der Waals surface area (Å²) >= 11 is 17.5. The molecule has 5 nitrogen and oxygen atoms in total. The minimum atomic E-state index is -4.69. The third-order valence-corrected chi connectivity index (χ3v) is 5.84. The molecule has 2 amide bonds. The van der Waals surface area contributed by atoms with Crippen LogP contribution in [0.4, 0.5) is 26.3 Å². The predicted molar refractivity (Wildman–Crippen MR) is 123 cm³/mol. The average Bonchev–Trinajstić information content (AvgIpc) is 2.78. The van der Waals surface area contributed by atoms with Crippen molar-refractivity contribution >= 4 is 52.7 Å². The van der Waals surface area contributed by atoms with E-state index in [1.807, 2.05) is 0 Å². The van der Waals surface area contributed by atoms with Crippen LogP contribution in [-0.2, 0) is 4.79 Å². The maximum Gasteiger partial charge on any atom is 0.405 e. The highest BCUT2D eigenvalue weighted by molar-refractivity contribution is 6.48. The van der Waals surface area contributed by atoms with Gasteiger partial charge in [0, 0.05) is 5.56 Å². The van der Waals surface area contributed by atoms with Crippen LogP contribution < -0.4 is 10.6 Å². The van der Waals surface area contributed by atoms with Gasteiger partial charge in [0.15, 0.2) is 0 Å². The van der Waals surface area contributed by atoms with Gasteiger partial charge in [-0.05, 0) is 35.4 Å². The summed E-state index contributed by atoms with van der Waals surface area (Å²) in [6, 6.07) is 5.50. The van der Waals surface area contributed by atoms with Crippen molar-refractivity contribution in [2.45, 2.75) is 24.3 Å². The fourth-order valence-corrected chi connectivity index (χ4v) is 3.48. The molecular weight excluding hydrogens is 561 g/mol. The maximum atomic E-state index is 13.6. The van der Waals surface area contributed by atoms with E-state index in [1.54, 1.807) is 0 Å². The number of nitrogens with one attached hydrogen (secondary N) is 2. The van der Waals surface area contributed by atoms with Crippen LogP contribution in [0.1, 0.15) is 27.4 Å². The van der Waals surface area contributed by atoms with Crippen molar-refractivity contribution in [2.75, 3.05) is 13.2 Å². The number of benzene rings is 2. The number of hydrogen-bond acceptors (Lipinski definition) is 3. The first-order valence-electron chi connectivity index (χ1n) is 9.88. The number of aliphatic hydroxyl groups is 1. The molecule has 0 aliphatic rings. The lowest BCUT2D eigenvalue weighted by Gasteiger charge is -2.18. The Morgan fingerprint density at radius 1 is 0.972 bits per heavy atom. The van der Waals surface area contributed by atoms with E-state index in [-0.39, 0.29) is 31.8 Å². The molecule has 0 radical (unpaired) electrons. The van der Waals surface area contributed by atoms with Gasteiger partial charge in [0.05, 0.1) is 27.6 Å². The quantitative estimate of drug-likeness (QED) is 0.275. The fourth-order valence-electron chi connectivity index (χ4n) is 2.86. The van der Waals surface area contributed by atoms with Gasteiger partial charge >= 0.3 is 12.4 Å². The molecule has 0 fully saturated rings. The zero-order valence-corrected chi connectivity index (χ0v) is 20.1. The molecule has 2 atom stereocenters. The summed E-state index contributed by atoms with van der Waals surface area (Å²) in [6.07, 6.45) is -7.36. The number of rotatable bonds is 8. The standard InChI is InChI=1S/C22H17Cl3F6N2O3/c23-15-7-13(8-16(24)18(15)25)14(22(29,30)31)6-3-11-1-4-12(5-2-11)19(35)33-17(9-34)20(36)32-10-21(26,27)28/h1-8,14,17,34H,9-10H2,(H,32,36)(H,33,35). The lowest BCUT2D eigenvalue weighted by molar-refractivity contribution is -0.140. The van der Waals surface area contributed by atoms with Crippen LogP contribution >= 0.6 is 34.8 Å². The zero-order valence-electron chi connectivity index (χ0n) is 17.9. The monoisotopic (exact) mass is 576 g/mol. The van der Waals surface area contributed by atoms with Gasteiger partial charge in [0.1, 0.15) is 12.6 Å². The second-order valence-electron chi connectivity index (χ2n) is 7.34. The molecule has 0 saturated heterocycles. The minimum Gasteiger partial charge on any atom is -0.394 e. The van der Waals surface area contributed by atoms with Gasteiger partial charge in [-0.3, -0.25) is 9.59 Å². The number of aliphatic hydroxyl groups excluding tert-OH is 1. The molecule has 0 saturated carbocycles. The molecule has 0 spiro atoms. The molecule has 2 unspecified atom stereocenters. The summed E-state index contributed by atoms with van der Waals surface area (Å²) in [5, 5.41) is 12.5. The van der Waals surface area contributed by atoms with Gasteiger partial charge in [-0.2, -0.15) is 26.3 Å². The van der Waals surface area contributed by atoms with Crippen LogP contribution in [0.5, 0.6) is 0 Å². The van der Waals surface area contributed by atoms with Crippen molar-refractivity contribution in [1.82, 2.24) is 10.6 Å². The molecule has 2 rings (SSSR count). The molecule has 14 heteroatoms. The van der Waals surface area contributed by atoms with Gasteiger partial charge in [-0.1, -0.05) is 59.1 Å².